The zero-order valence-electron chi connectivity index (χ0n) is 17.3. The van der Waals surface area contributed by atoms with Gasteiger partial charge >= 0.3 is 0 Å². The summed E-state index contributed by atoms with van der Waals surface area (Å²) in [6.45, 7) is 4.64. The van der Waals surface area contributed by atoms with Crippen LogP contribution in [0.3, 0.4) is 0 Å². The molecule has 0 fully saturated rings. The van der Waals surface area contributed by atoms with Crippen LogP contribution in [0.15, 0.2) is 0 Å². The molecule has 0 aliphatic carbocycles. The molecular formula is C14H30O12S4. The molecule has 0 bridgehead atoms. The molecule has 0 saturated carbocycles. The predicted molar refractivity (Wildman–Crippen MR) is 108 cm³/mol. The molecule has 2 atom stereocenters. The predicted octanol–water partition coefficient (Wildman–Crippen LogP) is 0.664. The fourth-order valence-electron chi connectivity index (χ4n) is 2.04. The maximum atomic E-state index is 11.8. The lowest BCUT2D eigenvalue weighted by molar-refractivity contribution is 0.251. The summed E-state index contributed by atoms with van der Waals surface area (Å²) in [7, 11) is -16.6. The fraction of sp³-hybridized carbons (Fsp3) is 1.00. The fourth-order valence-corrected chi connectivity index (χ4v) is 6.70. The molecule has 0 radical (unpaired) electrons. The van der Waals surface area contributed by atoms with Crippen LogP contribution in [-0.4, -0.2) is 69.3 Å². The average Bonchev–Trinajstić information content (AvgIpc) is 2.57. The van der Waals surface area contributed by atoms with Gasteiger partial charge in [0.1, 0.15) is 0 Å². The standard InChI is InChI=1S/C14H30O12S4/c1-5-23-29(19,20)13(3)25-27(15,16)11-9-7-8-10-12-28(17,18)26-14(4)30(21,22)24-6-2/h13-14H,5-12H2,1-4H3. The molecule has 16 heteroatoms. The first-order chi connectivity index (χ1) is 13.6. The first kappa shape index (κ1) is 29.6. The van der Waals surface area contributed by atoms with Crippen LogP contribution in [0.1, 0.15) is 53.4 Å². The van der Waals surface area contributed by atoms with Crippen molar-refractivity contribution in [2.75, 3.05) is 24.7 Å². The Morgan fingerprint density at radius 1 is 0.567 bits per heavy atom. The summed E-state index contributed by atoms with van der Waals surface area (Å²) in [5.74, 6) is -0.905. The summed E-state index contributed by atoms with van der Waals surface area (Å²) in [6, 6.07) is 0. The van der Waals surface area contributed by atoms with Gasteiger partial charge in [0.05, 0.1) is 24.7 Å². The number of hydrogen-bond acceptors (Lipinski definition) is 12. The van der Waals surface area contributed by atoms with Crippen LogP contribution >= 0.6 is 0 Å². The largest absolute Gasteiger partial charge is 0.295 e. The SMILES string of the molecule is CCOS(=O)(=O)C(C)OS(=O)(=O)CCCCCCS(=O)(=O)OC(C)S(=O)(=O)OCC. The van der Waals surface area contributed by atoms with E-state index in [-0.39, 0.29) is 26.1 Å². The van der Waals surface area contributed by atoms with Crippen molar-refractivity contribution >= 4 is 40.5 Å². The molecule has 0 N–H and O–H groups in total. The molecule has 0 aliphatic rings. The monoisotopic (exact) mass is 518 g/mol. The van der Waals surface area contributed by atoms with Gasteiger partial charge in [-0.05, 0) is 40.5 Å². The molecule has 0 aromatic rings. The van der Waals surface area contributed by atoms with E-state index in [1.54, 1.807) is 0 Å². The lowest BCUT2D eigenvalue weighted by Crippen LogP contribution is -2.27. The van der Waals surface area contributed by atoms with Gasteiger partial charge in [0.25, 0.3) is 40.5 Å². The minimum absolute atomic E-state index is 0.111. The highest BCUT2D eigenvalue weighted by Crippen LogP contribution is 2.14. The zero-order chi connectivity index (χ0) is 23.6. The Morgan fingerprint density at radius 3 is 1.13 bits per heavy atom. The van der Waals surface area contributed by atoms with Gasteiger partial charge in [-0.15, -0.1) is 0 Å². The molecule has 30 heavy (non-hydrogen) atoms. The van der Waals surface area contributed by atoms with Crippen molar-refractivity contribution in [3.05, 3.63) is 0 Å². The van der Waals surface area contributed by atoms with Gasteiger partial charge < -0.3 is 0 Å². The molecule has 12 nitrogen and oxygen atoms in total. The zero-order valence-corrected chi connectivity index (χ0v) is 20.6. The molecule has 0 aliphatic heterocycles. The molecule has 0 spiro atoms. The number of hydrogen-bond donors (Lipinski definition) is 0. The maximum Gasteiger partial charge on any atom is 0.295 e. The van der Waals surface area contributed by atoms with Crippen molar-refractivity contribution in [3.8, 4) is 0 Å². The van der Waals surface area contributed by atoms with Crippen molar-refractivity contribution in [3.63, 3.8) is 0 Å². The molecular weight excluding hydrogens is 488 g/mol. The van der Waals surface area contributed by atoms with Crippen LogP contribution < -0.4 is 0 Å². The second-order valence-electron chi connectivity index (χ2n) is 6.06. The second kappa shape index (κ2) is 12.6. The van der Waals surface area contributed by atoms with E-state index in [0.717, 1.165) is 13.8 Å². The first-order valence-corrected chi connectivity index (χ1v) is 15.3. The molecule has 0 rings (SSSR count). The van der Waals surface area contributed by atoms with Crippen molar-refractivity contribution < 1.29 is 50.4 Å². The van der Waals surface area contributed by atoms with Gasteiger partial charge in [-0.2, -0.15) is 33.7 Å². The van der Waals surface area contributed by atoms with Crippen LogP contribution in [0.2, 0.25) is 0 Å². The Bertz CT molecular complexity index is 841. The lowest BCUT2D eigenvalue weighted by atomic mass is 10.2. The Kier molecular flexibility index (Phi) is 12.5. The highest BCUT2D eigenvalue weighted by molar-refractivity contribution is 7.90. The Labute approximate surface area is 179 Å². The van der Waals surface area contributed by atoms with Crippen molar-refractivity contribution in [1.82, 2.24) is 0 Å². The third-order valence-electron chi connectivity index (χ3n) is 3.48. The third kappa shape index (κ3) is 11.9. The Morgan fingerprint density at radius 2 is 0.867 bits per heavy atom. The van der Waals surface area contributed by atoms with Gasteiger partial charge in [-0.3, -0.25) is 8.37 Å². The van der Waals surface area contributed by atoms with Gasteiger partial charge in [0.2, 0.25) is 0 Å². The van der Waals surface area contributed by atoms with Gasteiger partial charge in [0.15, 0.2) is 10.9 Å². The van der Waals surface area contributed by atoms with E-state index in [0.29, 0.717) is 12.8 Å². The van der Waals surface area contributed by atoms with Crippen LogP contribution in [0.25, 0.3) is 0 Å². The molecule has 0 aromatic heterocycles. The number of unbranched alkanes of at least 4 members (excludes halogenated alkanes) is 3. The summed E-state index contributed by atoms with van der Waals surface area (Å²) in [4.78, 5) is 0. The maximum absolute atomic E-state index is 11.8. The van der Waals surface area contributed by atoms with E-state index in [1.807, 2.05) is 0 Å². The van der Waals surface area contributed by atoms with E-state index >= 15 is 0 Å². The van der Waals surface area contributed by atoms with E-state index < -0.39 is 62.9 Å². The van der Waals surface area contributed by atoms with Gasteiger partial charge in [-0.1, -0.05) is 12.8 Å². The summed E-state index contributed by atoms with van der Waals surface area (Å²) >= 11 is 0. The quantitative estimate of drug-likeness (QED) is 0.195. The molecule has 0 saturated heterocycles. The second-order valence-corrected chi connectivity index (χ2v) is 13.3. The van der Waals surface area contributed by atoms with Gasteiger partial charge in [0, 0.05) is 0 Å². The van der Waals surface area contributed by atoms with Crippen LogP contribution in [0, 0.1) is 0 Å². The van der Waals surface area contributed by atoms with Crippen molar-refractivity contribution in [1.29, 1.82) is 0 Å². The van der Waals surface area contributed by atoms with Crippen molar-refractivity contribution in [2.24, 2.45) is 0 Å². The molecule has 182 valence electrons. The van der Waals surface area contributed by atoms with Crippen LogP contribution in [0.4, 0.5) is 0 Å². The Balaban J connectivity index is 4.35. The van der Waals surface area contributed by atoms with Gasteiger partial charge in [-0.25, -0.2) is 8.37 Å². The van der Waals surface area contributed by atoms with Crippen LogP contribution in [-0.2, 0) is 57.2 Å². The van der Waals surface area contributed by atoms with E-state index in [1.165, 1.54) is 13.8 Å². The van der Waals surface area contributed by atoms with E-state index in [4.69, 9.17) is 0 Å². The molecule has 0 heterocycles. The lowest BCUT2D eigenvalue weighted by Gasteiger charge is -2.13. The third-order valence-corrected chi connectivity index (χ3v) is 9.41. The normalized spacial score (nSPS) is 15.7. The van der Waals surface area contributed by atoms with Crippen LogP contribution in [0.5, 0.6) is 0 Å². The van der Waals surface area contributed by atoms with Crippen molar-refractivity contribution in [2.45, 2.75) is 64.3 Å². The topological polar surface area (TPSA) is 173 Å². The molecule has 0 aromatic carbocycles. The molecule has 0 amide bonds. The summed E-state index contributed by atoms with van der Waals surface area (Å²) in [6.07, 6.45) is 0.856. The van der Waals surface area contributed by atoms with E-state index in [9.17, 15) is 33.7 Å². The van der Waals surface area contributed by atoms with E-state index in [2.05, 4.69) is 16.7 Å². The summed E-state index contributed by atoms with van der Waals surface area (Å²) < 4.78 is 112. The molecule has 2 unspecified atom stereocenters. The smallest absolute Gasteiger partial charge is 0.268 e. The average molecular weight is 519 g/mol. The first-order valence-electron chi connectivity index (χ1n) is 9.17. The summed E-state index contributed by atoms with van der Waals surface area (Å²) in [5, 5.41) is 0. The minimum atomic E-state index is -4.16. The minimum Gasteiger partial charge on any atom is -0.268 e. The summed E-state index contributed by atoms with van der Waals surface area (Å²) in [5.41, 5.74) is -3.36. The highest BCUT2D eigenvalue weighted by atomic mass is 32.2. The Hall–Kier alpha value is -0.360. The number of rotatable bonds is 17. The highest BCUT2D eigenvalue weighted by Gasteiger charge is 2.29.